The monoisotopic (exact) mass is 231 g/mol. The zero-order valence-electron chi connectivity index (χ0n) is 9.32. The standard InChI is InChI=1S/C13H13NO3/c15-7-13(3-4-13)12(17)8-1-2-10-9(5-8)6-11(16)14-10/h1-2,5,15H,3-4,6-7H2,(H,14,16). The number of aliphatic hydroxyl groups excluding tert-OH is 1. The molecule has 0 aromatic heterocycles. The van der Waals surface area contributed by atoms with Gasteiger partial charge in [0.2, 0.25) is 5.91 Å². The third-order valence-corrected chi connectivity index (χ3v) is 3.63. The summed E-state index contributed by atoms with van der Waals surface area (Å²) >= 11 is 0. The molecule has 1 aromatic carbocycles. The van der Waals surface area contributed by atoms with E-state index in [1.807, 2.05) is 0 Å². The maximum atomic E-state index is 12.2. The highest BCUT2D eigenvalue weighted by molar-refractivity contribution is 6.05. The van der Waals surface area contributed by atoms with Gasteiger partial charge in [0.05, 0.1) is 18.4 Å². The third-order valence-electron chi connectivity index (χ3n) is 3.63. The molecule has 4 heteroatoms. The van der Waals surface area contributed by atoms with Crippen molar-refractivity contribution in [3.63, 3.8) is 0 Å². The van der Waals surface area contributed by atoms with Crippen LogP contribution in [0.1, 0.15) is 28.8 Å². The second-order valence-corrected chi connectivity index (χ2v) is 4.86. The fourth-order valence-corrected chi connectivity index (χ4v) is 2.28. The molecule has 4 nitrogen and oxygen atoms in total. The van der Waals surface area contributed by atoms with E-state index < -0.39 is 5.41 Å². The van der Waals surface area contributed by atoms with Gasteiger partial charge in [-0.2, -0.15) is 0 Å². The van der Waals surface area contributed by atoms with Gasteiger partial charge < -0.3 is 10.4 Å². The Kier molecular flexibility index (Phi) is 2.10. The van der Waals surface area contributed by atoms with Crippen LogP contribution in [-0.4, -0.2) is 23.4 Å². The number of hydrogen-bond donors (Lipinski definition) is 2. The molecular weight excluding hydrogens is 218 g/mol. The normalized spacial score (nSPS) is 19.7. The van der Waals surface area contributed by atoms with Crippen LogP contribution in [0.15, 0.2) is 18.2 Å². The number of hydrogen-bond acceptors (Lipinski definition) is 3. The largest absolute Gasteiger partial charge is 0.395 e. The predicted octanol–water partition coefficient (Wildman–Crippen LogP) is 1.14. The molecule has 0 spiro atoms. The zero-order chi connectivity index (χ0) is 12.0. The summed E-state index contributed by atoms with van der Waals surface area (Å²) in [5.74, 6) is -0.0324. The number of fused-ring (bicyclic) bond motifs is 1. The Balaban J connectivity index is 1.93. The first-order chi connectivity index (χ1) is 8.14. The van der Waals surface area contributed by atoms with Crippen LogP contribution in [0, 0.1) is 5.41 Å². The highest BCUT2D eigenvalue weighted by Crippen LogP contribution is 2.47. The summed E-state index contributed by atoms with van der Waals surface area (Å²) in [6.45, 7) is -0.0832. The van der Waals surface area contributed by atoms with Crippen LogP contribution in [-0.2, 0) is 11.2 Å². The lowest BCUT2D eigenvalue weighted by atomic mass is 9.94. The van der Waals surface area contributed by atoms with Gasteiger partial charge in [-0.1, -0.05) is 0 Å². The number of carbonyl (C=O) groups excluding carboxylic acids is 2. The van der Waals surface area contributed by atoms with Crippen molar-refractivity contribution in [2.24, 2.45) is 5.41 Å². The van der Waals surface area contributed by atoms with E-state index >= 15 is 0 Å². The lowest BCUT2D eigenvalue weighted by Crippen LogP contribution is -2.20. The quantitative estimate of drug-likeness (QED) is 0.766. The summed E-state index contributed by atoms with van der Waals surface area (Å²) in [6.07, 6.45) is 1.86. The maximum Gasteiger partial charge on any atom is 0.228 e. The second-order valence-electron chi connectivity index (χ2n) is 4.86. The Morgan fingerprint density at radius 3 is 2.82 bits per heavy atom. The number of rotatable bonds is 3. The van der Waals surface area contributed by atoms with Crippen LogP contribution >= 0.6 is 0 Å². The van der Waals surface area contributed by atoms with Crippen LogP contribution < -0.4 is 5.32 Å². The molecule has 1 heterocycles. The summed E-state index contributed by atoms with van der Waals surface area (Å²) < 4.78 is 0. The summed E-state index contributed by atoms with van der Waals surface area (Å²) in [4.78, 5) is 23.4. The number of benzene rings is 1. The van der Waals surface area contributed by atoms with E-state index in [4.69, 9.17) is 0 Å². The molecule has 0 radical (unpaired) electrons. The fraction of sp³-hybridized carbons (Fsp3) is 0.385. The van der Waals surface area contributed by atoms with Gasteiger partial charge in [0, 0.05) is 11.3 Å². The average molecular weight is 231 g/mol. The molecule has 1 amide bonds. The number of amides is 1. The lowest BCUT2D eigenvalue weighted by Gasteiger charge is -2.11. The van der Waals surface area contributed by atoms with Crippen molar-refractivity contribution < 1.29 is 14.7 Å². The van der Waals surface area contributed by atoms with Gasteiger partial charge in [-0.15, -0.1) is 0 Å². The van der Waals surface area contributed by atoms with Crippen LogP contribution in [0.2, 0.25) is 0 Å². The molecule has 88 valence electrons. The number of anilines is 1. The second kappa shape index (κ2) is 3.40. The molecule has 2 aliphatic rings. The highest BCUT2D eigenvalue weighted by atomic mass is 16.3. The van der Waals surface area contributed by atoms with Gasteiger partial charge in [0.25, 0.3) is 0 Å². The van der Waals surface area contributed by atoms with Crippen molar-refractivity contribution in [1.29, 1.82) is 0 Å². The molecule has 0 unspecified atom stereocenters. The van der Waals surface area contributed by atoms with Gasteiger partial charge in [0.1, 0.15) is 0 Å². The topological polar surface area (TPSA) is 66.4 Å². The third kappa shape index (κ3) is 1.56. The molecule has 17 heavy (non-hydrogen) atoms. The fourth-order valence-electron chi connectivity index (χ4n) is 2.28. The molecule has 2 N–H and O–H groups in total. The van der Waals surface area contributed by atoms with E-state index in [1.165, 1.54) is 0 Å². The van der Waals surface area contributed by atoms with Crippen LogP contribution in [0.5, 0.6) is 0 Å². The van der Waals surface area contributed by atoms with E-state index in [2.05, 4.69) is 5.32 Å². The Labute approximate surface area is 98.6 Å². The Bertz CT molecular complexity index is 517. The smallest absolute Gasteiger partial charge is 0.228 e. The summed E-state index contributed by atoms with van der Waals surface area (Å²) in [5.41, 5.74) is 1.73. The van der Waals surface area contributed by atoms with E-state index in [-0.39, 0.29) is 18.3 Å². The van der Waals surface area contributed by atoms with Gasteiger partial charge in [-0.25, -0.2) is 0 Å². The molecule has 1 aliphatic heterocycles. The molecule has 3 rings (SSSR count). The molecule has 0 atom stereocenters. The number of aliphatic hydroxyl groups is 1. The number of Topliss-reactive ketones (excluding diaryl/α,β-unsaturated/α-hetero) is 1. The molecule has 1 saturated carbocycles. The Morgan fingerprint density at radius 2 is 2.18 bits per heavy atom. The minimum atomic E-state index is -0.537. The highest BCUT2D eigenvalue weighted by Gasteiger charge is 2.49. The van der Waals surface area contributed by atoms with Crippen molar-refractivity contribution in [2.45, 2.75) is 19.3 Å². The molecular formula is C13H13NO3. The minimum Gasteiger partial charge on any atom is -0.395 e. The number of ketones is 1. The first kappa shape index (κ1) is 10.5. The summed E-state index contributed by atoms with van der Waals surface area (Å²) in [5, 5.41) is 12.0. The van der Waals surface area contributed by atoms with Gasteiger partial charge >= 0.3 is 0 Å². The lowest BCUT2D eigenvalue weighted by molar-refractivity contribution is -0.115. The van der Waals surface area contributed by atoms with Crippen molar-refractivity contribution in [3.8, 4) is 0 Å². The molecule has 0 bridgehead atoms. The minimum absolute atomic E-state index is 0.00199. The van der Waals surface area contributed by atoms with Crippen molar-refractivity contribution in [1.82, 2.24) is 0 Å². The van der Waals surface area contributed by atoms with Crippen LogP contribution in [0.3, 0.4) is 0 Å². The van der Waals surface area contributed by atoms with Crippen molar-refractivity contribution in [3.05, 3.63) is 29.3 Å². The number of nitrogens with one attached hydrogen (secondary N) is 1. The van der Waals surface area contributed by atoms with E-state index in [0.717, 1.165) is 24.1 Å². The first-order valence-electron chi connectivity index (χ1n) is 5.73. The molecule has 1 fully saturated rings. The van der Waals surface area contributed by atoms with Gasteiger partial charge in [-0.3, -0.25) is 9.59 Å². The van der Waals surface area contributed by atoms with E-state index in [9.17, 15) is 14.7 Å². The summed E-state index contributed by atoms with van der Waals surface area (Å²) in [7, 11) is 0. The Hall–Kier alpha value is -1.68. The van der Waals surface area contributed by atoms with Crippen molar-refractivity contribution in [2.75, 3.05) is 11.9 Å². The zero-order valence-corrected chi connectivity index (χ0v) is 9.32. The number of carbonyl (C=O) groups is 2. The van der Waals surface area contributed by atoms with E-state index in [1.54, 1.807) is 18.2 Å². The van der Waals surface area contributed by atoms with Crippen LogP contribution in [0.25, 0.3) is 0 Å². The van der Waals surface area contributed by atoms with Crippen LogP contribution in [0.4, 0.5) is 5.69 Å². The Morgan fingerprint density at radius 1 is 1.41 bits per heavy atom. The van der Waals surface area contributed by atoms with E-state index in [0.29, 0.717) is 12.0 Å². The van der Waals surface area contributed by atoms with Gasteiger partial charge in [-0.05, 0) is 36.6 Å². The maximum absolute atomic E-state index is 12.2. The van der Waals surface area contributed by atoms with Crippen molar-refractivity contribution >= 4 is 17.4 Å². The molecule has 1 aliphatic carbocycles. The SMILES string of the molecule is O=C1Cc2cc(C(=O)C3(CO)CC3)ccc2N1. The average Bonchev–Trinajstić information content (AvgIpc) is 3.03. The first-order valence-corrected chi connectivity index (χ1v) is 5.73. The predicted molar refractivity (Wildman–Crippen MR) is 61.9 cm³/mol. The molecule has 0 saturated heterocycles. The molecule has 1 aromatic rings. The van der Waals surface area contributed by atoms with Gasteiger partial charge in [0.15, 0.2) is 5.78 Å². The summed E-state index contributed by atoms with van der Waals surface area (Å²) in [6, 6.07) is 5.26.